The molecule has 0 radical (unpaired) electrons. The largest absolute Gasteiger partial charge is 0.313 e. The molecule has 4 heteroatoms. The first kappa shape index (κ1) is 13.1. The van der Waals surface area contributed by atoms with E-state index in [0.29, 0.717) is 6.42 Å². The van der Waals surface area contributed by atoms with E-state index in [9.17, 15) is 8.78 Å². The van der Waals surface area contributed by atoms with Crippen molar-refractivity contribution in [2.75, 3.05) is 7.05 Å². The molecule has 1 nitrogen and oxygen atoms in total. The summed E-state index contributed by atoms with van der Waals surface area (Å²) in [7, 11) is 1.69. The molecule has 0 aliphatic rings. The molecular formula is C12H14ClF2N. The molecule has 0 heterocycles. The van der Waals surface area contributed by atoms with Crippen LogP contribution < -0.4 is 5.32 Å². The third-order valence-electron chi connectivity index (χ3n) is 2.32. The van der Waals surface area contributed by atoms with Gasteiger partial charge in [-0.25, -0.2) is 8.78 Å². The minimum absolute atomic E-state index is 0.202. The average Bonchev–Trinajstić information content (AvgIpc) is 2.20. The molecule has 0 saturated carbocycles. The Labute approximate surface area is 99.1 Å². The normalized spacial score (nSPS) is 12.6. The molecule has 0 aliphatic heterocycles. The summed E-state index contributed by atoms with van der Waals surface area (Å²) in [6.07, 6.45) is 0.550. The van der Waals surface area contributed by atoms with Crippen molar-refractivity contribution in [3.63, 3.8) is 0 Å². The number of nitrogens with one attached hydrogen (secondary N) is 1. The monoisotopic (exact) mass is 245 g/mol. The lowest BCUT2D eigenvalue weighted by molar-refractivity contribution is 0.522. The van der Waals surface area contributed by atoms with Gasteiger partial charge in [0, 0.05) is 11.6 Å². The predicted molar refractivity (Wildman–Crippen MR) is 62.6 cm³/mol. The van der Waals surface area contributed by atoms with Gasteiger partial charge >= 0.3 is 0 Å². The van der Waals surface area contributed by atoms with Crippen LogP contribution in [0.1, 0.15) is 24.9 Å². The first-order valence-electron chi connectivity index (χ1n) is 4.91. The van der Waals surface area contributed by atoms with E-state index in [2.05, 4.69) is 11.9 Å². The zero-order valence-corrected chi connectivity index (χ0v) is 10.0. The lowest BCUT2D eigenvalue weighted by Gasteiger charge is -2.17. The highest BCUT2D eigenvalue weighted by atomic mass is 35.5. The Morgan fingerprint density at radius 1 is 1.44 bits per heavy atom. The molecule has 88 valence electrons. The van der Waals surface area contributed by atoms with Gasteiger partial charge in [-0.3, -0.25) is 0 Å². The number of hydrogen-bond acceptors (Lipinski definition) is 1. The van der Waals surface area contributed by atoms with Crippen molar-refractivity contribution < 1.29 is 8.78 Å². The van der Waals surface area contributed by atoms with Crippen LogP contribution in [0.4, 0.5) is 8.78 Å². The molecule has 1 unspecified atom stereocenters. The number of halogens is 3. The minimum atomic E-state index is -0.611. The Morgan fingerprint density at radius 3 is 2.56 bits per heavy atom. The van der Waals surface area contributed by atoms with Crippen molar-refractivity contribution in [2.45, 2.75) is 19.4 Å². The standard InChI is InChI=1S/C12H14ClF2N/c1-7(2)4-12(16-3)8-5-11(15)9(13)6-10(8)14/h5-6,12,16H,1,4H2,2-3H3. The smallest absolute Gasteiger partial charge is 0.142 e. The summed E-state index contributed by atoms with van der Waals surface area (Å²) in [5, 5.41) is 2.72. The van der Waals surface area contributed by atoms with Crippen molar-refractivity contribution in [3.8, 4) is 0 Å². The number of rotatable bonds is 4. The lowest BCUT2D eigenvalue weighted by Crippen LogP contribution is -2.18. The van der Waals surface area contributed by atoms with Crippen LogP contribution in [-0.4, -0.2) is 7.05 Å². The van der Waals surface area contributed by atoms with E-state index in [1.165, 1.54) is 0 Å². The molecule has 0 spiro atoms. The Balaban J connectivity index is 3.09. The number of benzene rings is 1. The molecule has 0 aliphatic carbocycles. The Hall–Kier alpha value is -0.930. The van der Waals surface area contributed by atoms with Crippen LogP contribution >= 0.6 is 11.6 Å². The van der Waals surface area contributed by atoms with E-state index in [-0.39, 0.29) is 16.6 Å². The molecule has 1 rings (SSSR count). The fraction of sp³-hybridized carbons (Fsp3) is 0.333. The average molecular weight is 246 g/mol. The summed E-state index contributed by atoms with van der Waals surface area (Å²) < 4.78 is 26.8. The molecule has 1 atom stereocenters. The summed E-state index contributed by atoms with van der Waals surface area (Å²) in [6.45, 7) is 5.60. The summed E-state index contributed by atoms with van der Waals surface area (Å²) in [5.41, 5.74) is 1.17. The van der Waals surface area contributed by atoms with Gasteiger partial charge in [-0.2, -0.15) is 0 Å². The first-order chi connectivity index (χ1) is 7.45. The first-order valence-corrected chi connectivity index (χ1v) is 5.29. The van der Waals surface area contributed by atoms with Crippen LogP contribution in [0, 0.1) is 11.6 Å². The van der Waals surface area contributed by atoms with E-state index >= 15 is 0 Å². The SMILES string of the molecule is C=C(C)CC(NC)c1cc(F)c(Cl)cc1F. The molecule has 0 amide bonds. The maximum atomic E-state index is 13.6. The summed E-state index contributed by atoms with van der Waals surface area (Å²) in [5.74, 6) is -1.12. The van der Waals surface area contributed by atoms with Gasteiger partial charge in [-0.05, 0) is 32.5 Å². The Morgan fingerprint density at radius 2 is 2.06 bits per heavy atom. The third kappa shape index (κ3) is 3.03. The van der Waals surface area contributed by atoms with Crippen LogP contribution in [0.25, 0.3) is 0 Å². The maximum absolute atomic E-state index is 13.6. The van der Waals surface area contributed by atoms with Gasteiger partial charge in [0.15, 0.2) is 0 Å². The van der Waals surface area contributed by atoms with Gasteiger partial charge in [0.1, 0.15) is 11.6 Å². The topological polar surface area (TPSA) is 12.0 Å². The van der Waals surface area contributed by atoms with Gasteiger partial charge in [0.25, 0.3) is 0 Å². The van der Waals surface area contributed by atoms with Crippen LogP contribution in [0.3, 0.4) is 0 Å². The molecule has 16 heavy (non-hydrogen) atoms. The zero-order valence-electron chi connectivity index (χ0n) is 9.28. The van der Waals surface area contributed by atoms with E-state index in [0.717, 1.165) is 17.7 Å². The summed E-state index contributed by atoms with van der Waals surface area (Å²) >= 11 is 5.49. The second-order valence-corrected chi connectivity index (χ2v) is 4.20. The van der Waals surface area contributed by atoms with E-state index in [4.69, 9.17) is 11.6 Å². The van der Waals surface area contributed by atoms with E-state index in [1.807, 2.05) is 6.92 Å². The van der Waals surface area contributed by atoms with E-state index in [1.54, 1.807) is 7.05 Å². The van der Waals surface area contributed by atoms with Crippen molar-refractivity contribution >= 4 is 11.6 Å². The molecule has 0 aromatic heterocycles. The second kappa shape index (κ2) is 5.41. The lowest BCUT2D eigenvalue weighted by atomic mass is 10.00. The Bertz CT molecular complexity index is 404. The maximum Gasteiger partial charge on any atom is 0.142 e. The predicted octanol–water partition coefficient (Wildman–Crippen LogP) is 3.84. The third-order valence-corrected chi connectivity index (χ3v) is 2.61. The fourth-order valence-corrected chi connectivity index (χ4v) is 1.67. The van der Waals surface area contributed by atoms with Crippen molar-refractivity contribution in [1.82, 2.24) is 5.32 Å². The van der Waals surface area contributed by atoms with Gasteiger partial charge in [-0.1, -0.05) is 17.2 Å². The van der Waals surface area contributed by atoms with Crippen molar-refractivity contribution in [2.24, 2.45) is 0 Å². The highest BCUT2D eigenvalue weighted by Crippen LogP contribution is 2.27. The Kier molecular flexibility index (Phi) is 4.44. The second-order valence-electron chi connectivity index (χ2n) is 3.79. The summed E-state index contributed by atoms with van der Waals surface area (Å²) in [4.78, 5) is 0. The van der Waals surface area contributed by atoms with Crippen molar-refractivity contribution in [1.29, 1.82) is 0 Å². The molecule has 0 saturated heterocycles. The van der Waals surface area contributed by atoms with Gasteiger partial charge < -0.3 is 5.32 Å². The zero-order chi connectivity index (χ0) is 12.3. The van der Waals surface area contributed by atoms with E-state index < -0.39 is 11.6 Å². The van der Waals surface area contributed by atoms with Crippen molar-refractivity contribution in [3.05, 3.63) is 46.5 Å². The number of hydrogen-bond donors (Lipinski definition) is 1. The highest BCUT2D eigenvalue weighted by Gasteiger charge is 2.16. The van der Waals surface area contributed by atoms with Crippen LogP contribution in [-0.2, 0) is 0 Å². The molecular weight excluding hydrogens is 232 g/mol. The summed E-state index contributed by atoms with van der Waals surface area (Å²) in [6, 6.07) is 1.83. The quantitative estimate of drug-likeness (QED) is 0.628. The molecule has 0 fully saturated rings. The molecule has 1 N–H and O–H groups in total. The molecule has 1 aromatic carbocycles. The van der Waals surface area contributed by atoms with Gasteiger partial charge in [0.2, 0.25) is 0 Å². The minimum Gasteiger partial charge on any atom is -0.313 e. The van der Waals surface area contributed by atoms with Gasteiger partial charge in [0.05, 0.1) is 5.02 Å². The van der Waals surface area contributed by atoms with Gasteiger partial charge in [-0.15, -0.1) is 6.58 Å². The fourth-order valence-electron chi connectivity index (χ4n) is 1.52. The van der Waals surface area contributed by atoms with Crippen LogP contribution in [0.15, 0.2) is 24.3 Å². The van der Waals surface area contributed by atoms with Crippen LogP contribution in [0.5, 0.6) is 0 Å². The highest BCUT2D eigenvalue weighted by molar-refractivity contribution is 6.30. The van der Waals surface area contributed by atoms with Crippen LogP contribution in [0.2, 0.25) is 5.02 Å². The molecule has 0 bridgehead atoms. The molecule has 1 aromatic rings.